The first-order valence-corrected chi connectivity index (χ1v) is 35.2. The fourth-order valence-electron chi connectivity index (χ4n) is 9.50. The first-order valence-electron chi connectivity index (χ1n) is 33.7. The van der Waals surface area contributed by atoms with Crippen molar-refractivity contribution >= 4 is 19.8 Å². The summed E-state index contributed by atoms with van der Waals surface area (Å²) >= 11 is 0. The monoisotopic (exact) mass is 1150 g/mol. The fraction of sp³-hybridized carbons (Fsp3) is 0.746. The Morgan fingerprint density at radius 3 is 1.01 bits per heavy atom. The van der Waals surface area contributed by atoms with E-state index in [2.05, 4.69) is 111 Å². The maximum Gasteiger partial charge on any atom is 0.472 e. The van der Waals surface area contributed by atoms with Crippen molar-refractivity contribution in [2.24, 2.45) is 5.73 Å². The van der Waals surface area contributed by atoms with E-state index in [-0.39, 0.29) is 38.6 Å². The van der Waals surface area contributed by atoms with E-state index in [0.717, 1.165) is 83.5 Å². The Bertz CT molecular complexity index is 1650. The summed E-state index contributed by atoms with van der Waals surface area (Å²) in [6.45, 7) is 3.65. The van der Waals surface area contributed by atoms with Crippen LogP contribution in [-0.2, 0) is 32.7 Å². The highest BCUT2D eigenvalue weighted by Gasteiger charge is 2.26. The Labute approximate surface area is 499 Å². The fourth-order valence-corrected chi connectivity index (χ4v) is 10.3. The topological polar surface area (TPSA) is 134 Å². The summed E-state index contributed by atoms with van der Waals surface area (Å²) in [7, 11) is -4.40. The summed E-state index contributed by atoms with van der Waals surface area (Å²) in [6, 6.07) is 0. The van der Waals surface area contributed by atoms with Gasteiger partial charge in [-0.05, 0) is 96.3 Å². The lowest BCUT2D eigenvalue weighted by Crippen LogP contribution is -2.29. The summed E-state index contributed by atoms with van der Waals surface area (Å²) in [5.41, 5.74) is 5.40. The Morgan fingerprint density at radius 2 is 0.679 bits per heavy atom. The van der Waals surface area contributed by atoms with Gasteiger partial charge in [0.2, 0.25) is 0 Å². The van der Waals surface area contributed by atoms with E-state index in [1.807, 2.05) is 0 Å². The van der Waals surface area contributed by atoms with Gasteiger partial charge in [0.25, 0.3) is 0 Å². The third-order valence-electron chi connectivity index (χ3n) is 14.5. The van der Waals surface area contributed by atoms with Crippen molar-refractivity contribution in [1.29, 1.82) is 0 Å². The van der Waals surface area contributed by atoms with Crippen LogP contribution < -0.4 is 5.73 Å². The minimum atomic E-state index is -4.40. The Balaban J connectivity index is 3.89. The molecule has 0 aromatic heterocycles. The average molecular weight is 1150 g/mol. The van der Waals surface area contributed by atoms with Gasteiger partial charge in [0.05, 0.1) is 13.2 Å². The minimum absolute atomic E-state index is 0.0509. The summed E-state index contributed by atoms with van der Waals surface area (Å²) in [4.78, 5) is 35.3. The number of hydrogen-bond donors (Lipinski definition) is 2. The first-order chi connectivity index (χ1) is 39.8. The molecule has 0 heterocycles. The third kappa shape index (κ3) is 65.9. The zero-order chi connectivity index (χ0) is 58.7. The number of ether oxygens (including phenoxy) is 2. The van der Waals surface area contributed by atoms with Crippen molar-refractivity contribution in [2.75, 3.05) is 26.4 Å². The van der Waals surface area contributed by atoms with Gasteiger partial charge in [-0.3, -0.25) is 18.6 Å². The van der Waals surface area contributed by atoms with E-state index < -0.39 is 26.5 Å². The molecule has 0 saturated carbocycles. The molecule has 468 valence electrons. The second kappa shape index (κ2) is 66.1. The number of phosphoric acid groups is 1. The lowest BCUT2D eigenvalue weighted by molar-refractivity contribution is -0.161. The van der Waals surface area contributed by atoms with E-state index in [1.165, 1.54) is 193 Å². The maximum atomic E-state index is 12.8. The molecule has 0 saturated heterocycles. The molecule has 0 aromatic carbocycles. The molecule has 0 aliphatic heterocycles. The zero-order valence-electron chi connectivity index (χ0n) is 52.5. The van der Waals surface area contributed by atoms with E-state index in [1.54, 1.807) is 0 Å². The zero-order valence-corrected chi connectivity index (χ0v) is 53.4. The van der Waals surface area contributed by atoms with Gasteiger partial charge in [0.15, 0.2) is 6.10 Å². The van der Waals surface area contributed by atoms with Gasteiger partial charge < -0.3 is 20.1 Å². The molecule has 2 unspecified atom stereocenters. The van der Waals surface area contributed by atoms with Crippen LogP contribution in [-0.4, -0.2) is 49.3 Å². The highest BCUT2D eigenvalue weighted by atomic mass is 31.2. The quantitative estimate of drug-likeness (QED) is 0.0264. The van der Waals surface area contributed by atoms with E-state index in [4.69, 9.17) is 24.3 Å². The standard InChI is InChI=1S/C71H126NO8P/c1-3-5-7-9-11-13-15-17-19-21-23-25-27-29-31-32-33-34-35-36-38-40-42-44-46-48-50-52-54-56-58-60-62-64-71(74)80-69(68-79-81(75,76)78-66-65-72)67-77-70(73)63-61-59-57-55-53-51-49-47-45-43-41-39-37-30-28-26-24-22-20-18-16-14-12-10-8-6-4-2/h5,7,11,13,16-19,22-25,28-31,69H,3-4,6,8-10,12,14-15,20-21,26-27,32-68,72H2,1-2H3,(H,75,76)/b7-5-,13-11-,18-16-,19-17-,24-22-,25-23-,30-28-,31-29-. The smallest absolute Gasteiger partial charge is 0.462 e. The van der Waals surface area contributed by atoms with Crippen LogP contribution in [0.5, 0.6) is 0 Å². The van der Waals surface area contributed by atoms with E-state index >= 15 is 0 Å². The number of unbranched alkanes of at least 4 members (excludes halogenated alkanes) is 34. The molecule has 0 fully saturated rings. The lowest BCUT2D eigenvalue weighted by Gasteiger charge is -2.19. The summed E-state index contributed by atoms with van der Waals surface area (Å²) in [5.74, 6) is -0.822. The van der Waals surface area contributed by atoms with Crippen molar-refractivity contribution in [2.45, 2.75) is 315 Å². The van der Waals surface area contributed by atoms with Crippen LogP contribution in [0.4, 0.5) is 0 Å². The van der Waals surface area contributed by atoms with Crippen LogP contribution in [0, 0.1) is 0 Å². The molecule has 0 aromatic rings. The van der Waals surface area contributed by atoms with Gasteiger partial charge in [0.1, 0.15) is 6.61 Å². The molecule has 2 atom stereocenters. The van der Waals surface area contributed by atoms with E-state index in [9.17, 15) is 19.0 Å². The Hall–Kier alpha value is -3.07. The predicted octanol–water partition coefficient (Wildman–Crippen LogP) is 22.0. The molecular formula is C71H126NO8P. The molecule has 81 heavy (non-hydrogen) atoms. The van der Waals surface area contributed by atoms with Crippen LogP contribution in [0.15, 0.2) is 97.2 Å². The molecule has 0 aliphatic rings. The van der Waals surface area contributed by atoms with Crippen molar-refractivity contribution in [3.8, 4) is 0 Å². The Kier molecular flexibility index (Phi) is 63.6. The number of carbonyl (C=O) groups excluding carboxylic acids is 2. The van der Waals surface area contributed by atoms with Crippen LogP contribution >= 0.6 is 7.82 Å². The minimum Gasteiger partial charge on any atom is -0.462 e. The molecule has 0 amide bonds. The van der Waals surface area contributed by atoms with Crippen molar-refractivity contribution < 1.29 is 37.6 Å². The molecule has 0 spiro atoms. The number of esters is 2. The highest BCUT2D eigenvalue weighted by Crippen LogP contribution is 2.43. The maximum absolute atomic E-state index is 12.8. The van der Waals surface area contributed by atoms with Gasteiger partial charge in [-0.1, -0.05) is 297 Å². The molecular weight excluding hydrogens is 1030 g/mol. The molecule has 0 rings (SSSR count). The van der Waals surface area contributed by atoms with Crippen LogP contribution in [0.1, 0.15) is 309 Å². The van der Waals surface area contributed by atoms with Crippen molar-refractivity contribution in [3.63, 3.8) is 0 Å². The van der Waals surface area contributed by atoms with Gasteiger partial charge in [-0.2, -0.15) is 0 Å². The third-order valence-corrected chi connectivity index (χ3v) is 15.4. The molecule has 10 heteroatoms. The second-order valence-corrected chi connectivity index (χ2v) is 23.8. The average Bonchev–Trinajstić information content (AvgIpc) is 3.46. The normalized spacial score (nSPS) is 13.6. The van der Waals surface area contributed by atoms with E-state index in [0.29, 0.717) is 6.42 Å². The highest BCUT2D eigenvalue weighted by molar-refractivity contribution is 7.47. The van der Waals surface area contributed by atoms with Crippen molar-refractivity contribution in [3.05, 3.63) is 97.2 Å². The molecule has 0 radical (unpaired) electrons. The number of rotatable bonds is 63. The molecule has 9 nitrogen and oxygen atoms in total. The van der Waals surface area contributed by atoms with Gasteiger partial charge in [0, 0.05) is 19.4 Å². The van der Waals surface area contributed by atoms with Crippen LogP contribution in [0.2, 0.25) is 0 Å². The number of carbonyl (C=O) groups is 2. The summed E-state index contributed by atoms with van der Waals surface area (Å²) < 4.78 is 33.2. The Morgan fingerprint density at radius 1 is 0.383 bits per heavy atom. The molecule has 3 N–H and O–H groups in total. The molecule has 0 bridgehead atoms. The summed E-state index contributed by atoms with van der Waals surface area (Å²) in [6.07, 6.45) is 89.1. The molecule has 0 aliphatic carbocycles. The lowest BCUT2D eigenvalue weighted by atomic mass is 10.0. The van der Waals surface area contributed by atoms with Gasteiger partial charge in [-0.15, -0.1) is 0 Å². The first kappa shape index (κ1) is 77.9. The predicted molar refractivity (Wildman–Crippen MR) is 348 cm³/mol. The number of phosphoric ester groups is 1. The second-order valence-electron chi connectivity index (χ2n) is 22.3. The number of nitrogens with two attached hydrogens (primary N) is 1. The summed E-state index contributed by atoms with van der Waals surface area (Å²) in [5, 5.41) is 0. The largest absolute Gasteiger partial charge is 0.472 e. The number of allylic oxidation sites excluding steroid dienone is 16. The van der Waals surface area contributed by atoms with Crippen LogP contribution in [0.25, 0.3) is 0 Å². The SMILES string of the molecule is CC/C=C\C/C=C\C/C=C\C/C=C\C/C=C\CCCCCCCCCCCCCCCCCCCC(=O)OC(COC(=O)CCCCCCCCCCCCCC/C=C\C/C=C\C/C=C\CCCCCCC)COP(=O)(O)OCCN. The van der Waals surface area contributed by atoms with Gasteiger partial charge in [-0.25, -0.2) is 4.57 Å². The van der Waals surface area contributed by atoms with Crippen LogP contribution in [0.3, 0.4) is 0 Å². The van der Waals surface area contributed by atoms with Gasteiger partial charge >= 0.3 is 19.8 Å². The van der Waals surface area contributed by atoms with Crippen molar-refractivity contribution in [1.82, 2.24) is 0 Å². The number of hydrogen-bond acceptors (Lipinski definition) is 8.